The van der Waals surface area contributed by atoms with Crippen LogP contribution in [0.4, 0.5) is 4.39 Å². The first-order valence-corrected chi connectivity index (χ1v) is 5.09. The fourth-order valence-electron chi connectivity index (χ4n) is 1.70. The van der Waals surface area contributed by atoms with Crippen LogP contribution in [0.5, 0.6) is 0 Å². The number of hydrogen-bond acceptors (Lipinski definition) is 2. The van der Waals surface area contributed by atoms with E-state index in [-0.39, 0.29) is 11.9 Å². The third kappa shape index (κ3) is 1.84. The summed E-state index contributed by atoms with van der Waals surface area (Å²) >= 11 is 0. The van der Waals surface area contributed by atoms with Gasteiger partial charge in [0.1, 0.15) is 5.82 Å². The fraction of sp³-hybridized carbons (Fsp3) is 0.250. The Balaban J connectivity index is 2.39. The molecule has 84 valence electrons. The van der Waals surface area contributed by atoms with Gasteiger partial charge in [-0.3, -0.25) is 4.68 Å². The Labute approximate surface area is 93.7 Å². The molecule has 0 saturated carbocycles. The summed E-state index contributed by atoms with van der Waals surface area (Å²) in [5, 5.41) is 4.13. The molecule has 2 N–H and O–H groups in total. The molecule has 3 nitrogen and oxygen atoms in total. The molecule has 2 aromatic rings. The van der Waals surface area contributed by atoms with Gasteiger partial charge in [-0.15, -0.1) is 0 Å². The lowest BCUT2D eigenvalue weighted by Gasteiger charge is -2.11. The molecule has 0 aliphatic carbocycles. The van der Waals surface area contributed by atoms with E-state index in [4.69, 9.17) is 5.73 Å². The first-order valence-electron chi connectivity index (χ1n) is 5.09. The van der Waals surface area contributed by atoms with E-state index in [0.29, 0.717) is 0 Å². The summed E-state index contributed by atoms with van der Waals surface area (Å²) < 4.78 is 14.8. The summed E-state index contributed by atoms with van der Waals surface area (Å²) in [6.07, 6.45) is 1.73. The molecule has 0 amide bonds. The summed E-state index contributed by atoms with van der Waals surface area (Å²) in [6, 6.07) is 6.02. The Hall–Kier alpha value is -1.68. The Morgan fingerprint density at radius 2 is 2.19 bits per heavy atom. The molecule has 0 radical (unpaired) electrons. The second kappa shape index (κ2) is 4.06. The zero-order chi connectivity index (χ0) is 11.7. The minimum atomic E-state index is -0.329. The third-order valence-corrected chi connectivity index (χ3v) is 2.82. The number of rotatable bonds is 2. The number of nitrogens with zero attached hydrogens (tertiary/aromatic N) is 2. The lowest BCUT2D eigenvalue weighted by Crippen LogP contribution is -2.13. The van der Waals surface area contributed by atoms with Crippen molar-refractivity contribution in [3.05, 3.63) is 53.1 Å². The van der Waals surface area contributed by atoms with Crippen molar-refractivity contribution in [2.45, 2.75) is 13.0 Å². The normalized spacial score (nSPS) is 12.8. The smallest absolute Gasteiger partial charge is 0.123 e. The van der Waals surface area contributed by atoms with Crippen LogP contribution in [0.1, 0.15) is 22.9 Å². The van der Waals surface area contributed by atoms with E-state index in [0.717, 1.165) is 16.8 Å². The van der Waals surface area contributed by atoms with Crippen LogP contribution in [0.3, 0.4) is 0 Å². The molecule has 0 bridgehead atoms. The maximum absolute atomic E-state index is 13.1. The van der Waals surface area contributed by atoms with E-state index < -0.39 is 0 Å². The van der Waals surface area contributed by atoms with Crippen molar-refractivity contribution in [2.24, 2.45) is 12.8 Å². The zero-order valence-corrected chi connectivity index (χ0v) is 9.31. The number of halogens is 1. The number of nitrogens with two attached hydrogens (primary N) is 1. The average molecular weight is 219 g/mol. The van der Waals surface area contributed by atoms with Crippen LogP contribution in [0.2, 0.25) is 0 Å². The molecule has 1 aromatic carbocycles. The van der Waals surface area contributed by atoms with E-state index in [1.807, 2.05) is 20.0 Å². The molecule has 1 heterocycles. The van der Waals surface area contributed by atoms with Gasteiger partial charge in [0.25, 0.3) is 0 Å². The zero-order valence-electron chi connectivity index (χ0n) is 9.31. The van der Waals surface area contributed by atoms with Crippen LogP contribution in [0.25, 0.3) is 0 Å². The first-order chi connectivity index (χ1) is 7.59. The van der Waals surface area contributed by atoms with Gasteiger partial charge in [0.15, 0.2) is 0 Å². The van der Waals surface area contributed by atoms with Crippen LogP contribution in [0.15, 0.2) is 30.5 Å². The molecule has 1 aromatic heterocycles. The second-order valence-corrected chi connectivity index (χ2v) is 3.84. The highest BCUT2D eigenvalue weighted by Gasteiger charge is 2.14. The number of aromatic nitrogens is 2. The van der Waals surface area contributed by atoms with Crippen LogP contribution < -0.4 is 5.73 Å². The molecule has 4 heteroatoms. The lowest BCUT2D eigenvalue weighted by atomic mass is 10.0. The highest BCUT2D eigenvalue weighted by molar-refractivity contribution is 5.32. The molecule has 2 rings (SSSR count). The van der Waals surface area contributed by atoms with Crippen molar-refractivity contribution in [1.29, 1.82) is 0 Å². The third-order valence-electron chi connectivity index (χ3n) is 2.82. The Kier molecular flexibility index (Phi) is 2.75. The van der Waals surface area contributed by atoms with E-state index in [9.17, 15) is 4.39 Å². The van der Waals surface area contributed by atoms with Gasteiger partial charge in [-0.25, -0.2) is 4.39 Å². The SMILES string of the molecule is Cc1c(C(N)c2cccc(F)c2)cnn1C. The lowest BCUT2D eigenvalue weighted by molar-refractivity contribution is 0.623. The van der Waals surface area contributed by atoms with E-state index in [2.05, 4.69) is 5.10 Å². The van der Waals surface area contributed by atoms with Crippen LogP contribution in [-0.2, 0) is 7.05 Å². The van der Waals surface area contributed by atoms with Gasteiger partial charge >= 0.3 is 0 Å². The Morgan fingerprint density at radius 3 is 2.75 bits per heavy atom. The molecule has 0 aliphatic rings. The maximum Gasteiger partial charge on any atom is 0.123 e. The summed E-state index contributed by atoms with van der Waals surface area (Å²) in [7, 11) is 1.86. The minimum Gasteiger partial charge on any atom is -0.320 e. The van der Waals surface area contributed by atoms with Gasteiger partial charge in [-0.05, 0) is 24.6 Å². The predicted octanol–water partition coefficient (Wildman–Crippen LogP) is 1.92. The molecular formula is C12H14FN3. The highest BCUT2D eigenvalue weighted by Crippen LogP contribution is 2.22. The van der Waals surface area contributed by atoms with E-state index >= 15 is 0 Å². The Morgan fingerprint density at radius 1 is 1.44 bits per heavy atom. The van der Waals surface area contributed by atoms with Gasteiger partial charge in [-0.1, -0.05) is 12.1 Å². The largest absolute Gasteiger partial charge is 0.320 e. The fourth-order valence-corrected chi connectivity index (χ4v) is 1.70. The van der Waals surface area contributed by atoms with Gasteiger partial charge in [0.05, 0.1) is 12.2 Å². The topological polar surface area (TPSA) is 43.8 Å². The molecule has 0 aliphatic heterocycles. The van der Waals surface area contributed by atoms with Crippen molar-refractivity contribution < 1.29 is 4.39 Å². The molecule has 1 unspecified atom stereocenters. The van der Waals surface area contributed by atoms with E-state index in [1.54, 1.807) is 16.9 Å². The average Bonchev–Trinajstić information content (AvgIpc) is 2.59. The van der Waals surface area contributed by atoms with E-state index in [1.165, 1.54) is 12.1 Å². The monoisotopic (exact) mass is 219 g/mol. The van der Waals surface area contributed by atoms with Crippen LogP contribution in [-0.4, -0.2) is 9.78 Å². The number of benzene rings is 1. The van der Waals surface area contributed by atoms with Gasteiger partial charge in [0.2, 0.25) is 0 Å². The summed E-state index contributed by atoms with van der Waals surface area (Å²) in [5.41, 5.74) is 8.76. The van der Waals surface area contributed by atoms with Gasteiger partial charge < -0.3 is 5.73 Å². The Bertz CT molecular complexity index is 505. The van der Waals surface area contributed by atoms with Crippen molar-refractivity contribution in [3.63, 3.8) is 0 Å². The molecule has 1 atom stereocenters. The minimum absolute atomic E-state index is 0.269. The van der Waals surface area contributed by atoms with Gasteiger partial charge in [0, 0.05) is 18.3 Å². The summed E-state index contributed by atoms with van der Waals surface area (Å²) in [4.78, 5) is 0. The van der Waals surface area contributed by atoms with Gasteiger partial charge in [-0.2, -0.15) is 5.10 Å². The maximum atomic E-state index is 13.1. The van der Waals surface area contributed by atoms with Crippen molar-refractivity contribution in [1.82, 2.24) is 9.78 Å². The quantitative estimate of drug-likeness (QED) is 0.838. The summed E-state index contributed by atoms with van der Waals surface area (Å²) in [6.45, 7) is 1.95. The molecule has 0 fully saturated rings. The first kappa shape index (κ1) is 10.8. The predicted molar refractivity (Wildman–Crippen MR) is 60.4 cm³/mol. The number of hydrogen-bond donors (Lipinski definition) is 1. The van der Waals surface area contributed by atoms with Crippen molar-refractivity contribution >= 4 is 0 Å². The molecule has 16 heavy (non-hydrogen) atoms. The molecule has 0 spiro atoms. The molecular weight excluding hydrogens is 205 g/mol. The van der Waals surface area contributed by atoms with Crippen molar-refractivity contribution in [3.8, 4) is 0 Å². The second-order valence-electron chi connectivity index (χ2n) is 3.84. The van der Waals surface area contributed by atoms with Crippen LogP contribution in [0, 0.1) is 12.7 Å². The highest BCUT2D eigenvalue weighted by atomic mass is 19.1. The molecule has 0 saturated heterocycles. The summed E-state index contributed by atoms with van der Waals surface area (Å²) in [5.74, 6) is -0.269. The van der Waals surface area contributed by atoms with Crippen LogP contribution >= 0.6 is 0 Å². The standard InChI is InChI=1S/C12H14FN3/c1-8-11(7-15-16(8)2)12(14)9-4-3-5-10(13)6-9/h3-7,12H,14H2,1-2H3. The van der Waals surface area contributed by atoms with Crippen molar-refractivity contribution in [2.75, 3.05) is 0 Å². The number of aryl methyl sites for hydroxylation is 1.